The summed E-state index contributed by atoms with van der Waals surface area (Å²) in [5.41, 5.74) is 1.62. The van der Waals surface area contributed by atoms with Crippen molar-refractivity contribution in [3.8, 4) is 0 Å². The van der Waals surface area contributed by atoms with Crippen LogP contribution in [0.4, 0.5) is 5.69 Å². The molecule has 0 amide bonds. The molecule has 0 radical (unpaired) electrons. The van der Waals surface area contributed by atoms with Crippen LogP contribution in [0.25, 0.3) is 0 Å². The maximum Gasteiger partial charge on any atom is 0.265 e. The van der Waals surface area contributed by atoms with E-state index in [-0.39, 0.29) is 6.04 Å². The molecular weight excluding hydrogens is 228 g/mol. The molecule has 1 aliphatic rings. The highest BCUT2D eigenvalue weighted by Crippen LogP contribution is 2.39. The molecule has 16 heavy (non-hydrogen) atoms. The summed E-state index contributed by atoms with van der Waals surface area (Å²) in [5.74, 6) is 5.86. The number of hydrogen-bond donors (Lipinski definition) is 1. The molecule has 0 bridgehead atoms. The fourth-order valence-corrected chi connectivity index (χ4v) is 2.55. The second-order valence-corrected chi connectivity index (χ2v) is 5.53. The third kappa shape index (κ3) is 1.91. The molecule has 6 heteroatoms. The van der Waals surface area contributed by atoms with Crippen LogP contribution in [0.2, 0.25) is 0 Å². The van der Waals surface area contributed by atoms with Crippen LogP contribution in [0.3, 0.4) is 0 Å². The molecule has 1 aliphatic heterocycles. The lowest BCUT2D eigenvalue weighted by molar-refractivity contribution is 0.198. The van der Waals surface area contributed by atoms with E-state index in [1.807, 2.05) is 31.2 Å². The highest BCUT2D eigenvalue weighted by molar-refractivity contribution is 7.86. The Balaban J connectivity index is 2.41. The first kappa shape index (κ1) is 11.4. The molecule has 2 unspecified atom stereocenters. The van der Waals surface area contributed by atoms with E-state index in [9.17, 15) is 8.42 Å². The van der Waals surface area contributed by atoms with Crippen LogP contribution in [-0.4, -0.2) is 20.7 Å². The summed E-state index contributed by atoms with van der Waals surface area (Å²) in [5, 5.41) is 1.53. The summed E-state index contributed by atoms with van der Waals surface area (Å²) in [4.78, 5) is 0. The number of nitrogens with zero attached hydrogens (tertiary/aromatic N) is 1. The van der Waals surface area contributed by atoms with Crippen molar-refractivity contribution in [2.24, 2.45) is 5.84 Å². The van der Waals surface area contributed by atoms with Gasteiger partial charge < -0.3 is 5.01 Å². The number of hydrogen-bond acceptors (Lipinski definition) is 5. The quantitative estimate of drug-likeness (QED) is 0.613. The van der Waals surface area contributed by atoms with Crippen LogP contribution in [0.5, 0.6) is 0 Å². The van der Waals surface area contributed by atoms with Gasteiger partial charge in [0.2, 0.25) is 0 Å². The minimum absolute atomic E-state index is 0.202. The smallest absolute Gasteiger partial charge is 0.265 e. The summed E-state index contributed by atoms with van der Waals surface area (Å²) in [7, 11) is -3.49. The number of rotatable bonds is 2. The summed E-state index contributed by atoms with van der Waals surface area (Å²) in [6, 6.07) is 7.16. The third-order valence-electron chi connectivity index (χ3n) is 2.68. The highest BCUT2D eigenvalue weighted by atomic mass is 32.2. The van der Waals surface area contributed by atoms with Crippen molar-refractivity contribution < 1.29 is 12.6 Å². The lowest BCUT2D eigenvalue weighted by atomic mass is 10.1. The van der Waals surface area contributed by atoms with E-state index < -0.39 is 16.2 Å². The highest BCUT2D eigenvalue weighted by Gasteiger charge is 2.36. The van der Waals surface area contributed by atoms with Crippen molar-refractivity contribution >= 4 is 15.8 Å². The zero-order valence-corrected chi connectivity index (χ0v) is 9.94. The van der Waals surface area contributed by atoms with Crippen molar-refractivity contribution in [3.05, 3.63) is 29.8 Å². The molecule has 0 saturated carbocycles. The van der Waals surface area contributed by atoms with E-state index in [0.717, 1.165) is 17.5 Å². The molecule has 1 heterocycles. The average Bonchev–Trinajstić information content (AvgIpc) is 2.43. The summed E-state index contributed by atoms with van der Waals surface area (Å²) >= 11 is 0. The topological polar surface area (TPSA) is 72.6 Å². The standard InChI is InChI=1S/C10H14N2O3S/c1-7-10(15-16(2,13)14)8-5-3-4-6-9(8)12(7)11/h3-7,10H,11H2,1-2H3. The van der Waals surface area contributed by atoms with Crippen molar-refractivity contribution in [2.45, 2.75) is 19.1 Å². The SMILES string of the molecule is CC1C(OS(C)(=O)=O)c2ccccc2N1N. The Bertz CT molecular complexity index is 501. The Morgan fingerprint density at radius 2 is 2.00 bits per heavy atom. The van der Waals surface area contributed by atoms with Crippen LogP contribution in [0, 0.1) is 0 Å². The molecule has 88 valence electrons. The maximum absolute atomic E-state index is 11.2. The molecule has 2 atom stereocenters. The largest absolute Gasteiger partial charge is 0.305 e. The van der Waals surface area contributed by atoms with E-state index in [2.05, 4.69) is 0 Å². The predicted octanol–water partition coefficient (Wildman–Crippen LogP) is 0.786. The Labute approximate surface area is 94.9 Å². The molecular formula is C10H14N2O3S. The Morgan fingerprint density at radius 1 is 1.38 bits per heavy atom. The summed E-state index contributed by atoms with van der Waals surface area (Å²) in [6.07, 6.45) is 0.512. The van der Waals surface area contributed by atoms with Gasteiger partial charge in [0.15, 0.2) is 0 Å². The monoisotopic (exact) mass is 242 g/mol. The molecule has 0 aliphatic carbocycles. The second-order valence-electron chi connectivity index (χ2n) is 3.93. The zero-order valence-electron chi connectivity index (χ0n) is 9.12. The number of para-hydroxylation sites is 1. The molecule has 0 aromatic heterocycles. The maximum atomic E-state index is 11.2. The van der Waals surface area contributed by atoms with Gasteiger partial charge in [0, 0.05) is 5.56 Å². The van der Waals surface area contributed by atoms with Gasteiger partial charge in [-0.25, -0.2) is 5.84 Å². The number of fused-ring (bicyclic) bond motifs is 1. The minimum atomic E-state index is -3.49. The second kappa shape index (κ2) is 3.73. The fourth-order valence-electron chi connectivity index (χ4n) is 1.91. The van der Waals surface area contributed by atoms with Crippen LogP contribution in [0.1, 0.15) is 18.6 Å². The minimum Gasteiger partial charge on any atom is -0.305 e. The number of hydrazine groups is 1. The molecule has 1 aromatic carbocycles. The molecule has 0 saturated heterocycles. The van der Waals surface area contributed by atoms with Gasteiger partial charge in [0.25, 0.3) is 10.1 Å². The average molecular weight is 242 g/mol. The van der Waals surface area contributed by atoms with Gasteiger partial charge in [0.05, 0.1) is 18.0 Å². The Kier molecular flexibility index (Phi) is 2.65. The fraction of sp³-hybridized carbons (Fsp3) is 0.400. The van der Waals surface area contributed by atoms with Crippen molar-refractivity contribution in [2.75, 3.05) is 11.3 Å². The molecule has 0 fully saturated rings. The number of nitrogens with two attached hydrogens (primary N) is 1. The zero-order chi connectivity index (χ0) is 11.9. The predicted molar refractivity (Wildman–Crippen MR) is 61.2 cm³/mol. The van der Waals surface area contributed by atoms with E-state index in [0.29, 0.717) is 0 Å². The molecule has 0 spiro atoms. The van der Waals surface area contributed by atoms with Crippen molar-refractivity contribution in [3.63, 3.8) is 0 Å². The van der Waals surface area contributed by atoms with Gasteiger partial charge in [-0.05, 0) is 13.0 Å². The van der Waals surface area contributed by atoms with Gasteiger partial charge >= 0.3 is 0 Å². The normalized spacial score (nSPS) is 24.6. The van der Waals surface area contributed by atoms with E-state index >= 15 is 0 Å². The number of anilines is 1. The molecule has 2 N–H and O–H groups in total. The van der Waals surface area contributed by atoms with Crippen LogP contribution < -0.4 is 10.9 Å². The van der Waals surface area contributed by atoms with Gasteiger partial charge in [-0.15, -0.1) is 0 Å². The van der Waals surface area contributed by atoms with E-state index in [1.165, 1.54) is 5.01 Å². The summed E-state index contributed by atoms with van der Waals surface area (Å²) in [6.45, 7) is 1.83. The van der Waals surface area contributed by atoms with Crippen molar-refractivity contribution in [1.82, 2.24) is 0 Å². The first-order valence-corrected chi connectivity index (χ1v) is 6.73. The molecule has 1 aromatic rings. The van der Waals surface area contributed by atoms with Crippen LogP contribution in [-0.2, 0) is 14.3 Å². The van der Waals surface area contributed by atoms with Gasteiger partial charge in [-0.2, -0.15) is 8.42 Å². The van der Waals surface area contributed by atoms with Crippen LogP contribution in [0.15, 0.2) is 24.3 Å². The van der Waals surface area contributed by atoms with Crippen molar-refractivity contribution in [1.29, 1.82) is 0 Å². The Morgan fingerprint density at radius 3 is 2.62 bits per heavy atom. The first-order chi connectivity index (χ1) is 7.40. The molecule has 5 nitrogen and oxygen atoms in total. The van der Waals surface area contributed by atoms with Gasteiger partial charge in [-0.1, -0.05) is 18.2 Å². The third-order valence-corrected chi connectivity index (χ3v) is 3.23. The Hall–Kier alpha value is -1.11. The lowest BCUT2D eigenvalue weighted by Gasteiger charge is -2.21. The van der Waals surface area contributed by atoms with E-state index in [1.54, 1.807) is 0 Å². The van der Waals surface area contributed by atoms with E-state index in [4.69, 9.17) is 10.0 Å². The molecule has 2 rings (SSSR count). The number of benzene rings is 1. The van der Waals surface area contributed by atoms with Gasteiger partial charge in [-0.3, -0.25) is 4.18 Å². The van der Waals surface area contributed by atoms with Gasteiger partial charge in [0.1, 0.15) is 6.10 Å². The van der Waals surface area contributed by atoms with Crippen LogP contribution >= 0.6 is 0 Å². The first-order valence-electron chi connectivity index (χ1n) is 4.91. The lowest BCUT2D eigenvalue weighted by Crippen LogP contribution is -2.38. The summed E-state index contributed by atoms with van der Waals surface area (Å²) < 4.78 is 27.4.